The number of rotatable bonds is 6. The Bertz CT molecular complexity index is 510. The van der Waals surface area contributed by atoms with Gasteiger partial charge in [0.25, 0.3) is 0 Å². The zero-order chi connectivity index (χ0) is 14.3. The highest BCUT2D eigenvalue weighted by Crippen LogP contribution is 2.09. The van der Waals surface area contributed by atoms with Gasteiger partial charge in [-0.05, 0) is 38.8 Å². The van der Waals surface area contributed by atoms with Gasteiger partial charge in [-0.1, -0.05) is 29.8 Å². The molecule has 0 radical (unpaired) electrons. The number of nitrogens with one attached hydrogen (secondary N) is 1. The highest BCUT2D eigenvalue weighted by Gasteiger charge is 2.11. The molecule has 1 rings (SSSR count). The van der Waals surface area contributed by atoms with E-state index in [4.69, 9.17) is 2.74 Å². The van der Waals surface area contributed by atoms with Gasteiger partial charge in [0.15, 0.2) is 0 Å². The smallest absolute Gasteiger partial charge is 0.211 e. The van der Waals surface area contributed by atoms with E-state index in [1.54, 1.807) is 30.3 Å². The van der Waals surface area contributed by atoms with Crippen molar-refractivity contribution in [3.05, 3.63) is 42.0 Å². The molecule has 4 heteroatoms. The molecule has 0 aromatic heterocycles. The van der Waals surface area contributed by atoms with E-state index in [-0.39, 0.29) is 4.90 Å². The van der Waals surface area contributed by atoms with Crippen LogP contribution in [0.5, 0.6) is 0 Å². The Balaban J connectivity index is 2.41. The molecule has 0 aliphatic heterocycles. The van der Waals surface area contributed by atoms with Gasteiger partial charge in [0.05, 0.1) is 4.90 Å². The highest BCUT2D eigenvalue weighted by molar-refractivity contribution is 7.89. The van der Waals surface area contributed by atoms with E-state index in [0.29, 0.717) is 19.4 Å². The molecular formula is C13H19NO2S. The van der Waals surface area contributed by atoms with Gasteiger partial charge in [0, 0.05) is 9.29 Å². The molecule has 0 amide bonds. The third-order valence-corrected chi connectivity index (χ3v) is 3.78. The molecule has 3 nitrogen and oxygen atoms in total. The number of unbranched alkanes of at least 4 members (excludes halogenated alkanes) is 1. The van der Waals surface area contributed by atoms with Gasteiger partial charge in [-0.15, -0.1) is 0 Å². The molecule has 0 heterocycles. The number of aryl methyl sites for hydroxylation is 1. The lowest BCUT2D eigenvalue weighted by molar-refractivity contribution is 0.579. The first-order valence-corrected chi connectivity index (χ1v) is 6.97. The van der Waals surface area contributed by atoms with Crippen molar-refractivity contribution in [2.24, 2.45) is 0 Å². The van der Waals surface area contributed by atoms with Crippen molar-refractivity contribution in [2.75, 3.05) is 6.54 Å². The molecule has 0 spiro atoms. The van der Waals surface area contributed by atoms with Gasteiger partial charge in [-0.25, -0.2) is 13.1 Å². The van der Waals surface area contributed by atoms with Crippen molar-refractivity contribution in [2.45, 2.75) is 31.5 Å². The van der Waals surface area contributed by atoms with Crippen molar-refractivity contribution in [3.8, 4) is 0 Å². The first kappa shape index (κ1) is 11.0. The molecule has 1 N–H and O–H groups in total. The van der Waals surface area contributed by atoms with Crippen LogP contribution in [0.4, 0.5) is 0 Å². The summed E-state index contributed by atoms with van der Waals surface area (Å²) in [6, 6.07) is 6.70. The van der Waals surface area contributed by atoms with Gasteiger partial charge in [-0.3, -0.25) is 0 Å². The molecule has 0 saturated heterocycles. The van der Waals surface area contributed by atoms with Gasteiger partial charge in [0.1, 0.15) is 0 Å². The molecule has 0 atom stereocenters. The molecule has 0 aliphatic carbocycles. The Morgan fingerprint density at radius 2 is 2.06 bits per heavy atom. The minimum absolute atomic E-state index is 0.269. The molecule has 1 aromatic rings. The third kappa shape index (κ3) is 4.71. The van der Waals surface area contributed by atoms with Crippen molar-refractivity contribution >= 4 is 10.0 Å². The molecule has 0 saturated carbocycles. The summed E-state index contributed by atoms with van der Waals surface area (Å²) in [5.74, 6) is 0. The summed E-state index contributed by atoms with van der Waals surface area (Å²) < 4.78 is 40.2. The molecule has 94 valence electrons. The van der Waals surface area contributed by atoms with E-state index in [0.717, 1.165) is 5.56 Å². The summed E-state index contributed by atoms with van der Waals surface area (Å²) in [5.41, 5.74) is 1.02. The average molecular weight is 255 g/mol. The van der Waals surface area contributed by atoms with Crippen LogP contribution in [-0.4, -0.2) is 15.0 Å². The first-order chi connectivity index (χ1) is 8.92. The number of sulfonamides is 1. The lowest BCUT2D eigenvalue weighted by Gasteiger charge is -2.06. The second kappa shape index (κ2) is 6.57. The Kier molecular flexibility index (Phi) is 4.25. The summed E-state index contributed by atoms with van der Waals surface area (Å²) in [7, 11) is -3.43. The van der Waals surface area contributed by atoms with Crippen molar-refractivity contribution < 1.29 is 11.2 Å². The van der Waals surface area contributed by atoms with Crippen LogP contribution in [0.15, 0.2) is 41.3 Å². The molecular weight excluding hydrogens is 234 g/mol. The minimum Gasteiger partial charge on any atom is -0.211 e. The summed E-state index contributed by atoms with van der Waals surface area (Å²) >= 11 is 0. The Morgan fingerprint density at radius 1 is 1.35 bits per heavy atom. The van der Waals surface area contributed by atoms with E-state index in [9.17, 15) is 8.42 Å². The fourth-order valence-electron chi connectivity index (χ4n) is 1.32. The fourth-order valence-corrected chi connectivity index (χ4v) is 2.40. The number of hydrogen-bond acceptors (Lipinski definition) is 2. The van der Waals surface area contributed by atoms with Crippen LogP contribution in [0.2, 0.25) is 0 Å². The zero-order valence-corrected chi connectivity index (χ0v) is 10.7. The second-order valence-electron chi connectivity index (χ2n) is 3.78. The second-order valence-corrected chi connectivity index (χ2v) is 5.55. The maximum atomic E-state index is 11.9. The number of benzene rings is 1. The summed E-state index contributed by atoms with van der Waals surface area (Å²) in [6.45, 7) is 1.30. The van der Waals surface area contributed by atoms with Crippen LogP contribution in [-0.2, 0) is 10.0 Å². The monoisotopic (exact) mass is 255 g/mol. The Labute approximate surface area is 106 Å². The Hall–Kier alpha value is -1.13. The van der Waals surface area contributed by atoms with E-state index in [1.165, 1.54) is 6.08 Å². The van der Waals surface area contributed by atoms with Gasteiger partial charge in [0.2, 0.25) is 10.0 Å². The molecule has 0 bridgehead atoms. The number of hydrogen-bond donors (Lipinski definition) is 1. The van der Waals surface area contributed by atoms with Gasteiger partial charge < -0.3 is 0 Å². The normalized spacial score (nSPS) is 14.0. The predicted molar refractivity (Wildman–Crippen MR) is 70.4 cm³/mol. The van der Waals surface area contributed by atoms with Crippen LogP contribution in [0.1, 0.15) is 28.0 Å². The topological polar surface area (TPSA) is 46.2 Å². The first-order valence-electron chi connectivity index (χ1n) is 6.65. The van der Waals surface area contributed by atoms with E-state index >= 15 is 0 Å². The van der Waals surface area contributed by atoms with Crippen molar-refractivity contribution in [3.63, 3.8) is 0 Å². The summed E-state index contributed by atoms with van der Waals surface area (Å²) in [5, 5.41) is 0. The fraction of sp³-hybridized carbons (Fsp3) is 0.385. The predicted octanol–water partition coefficient (Wildman–Crippen LogP) is 2.63. The maximum Gasteiger partial charge on any atom is 0.240 e. The standard InChI is InChI=1S/C13H19NO2S/c1-3-4-5-6-11-14-17(15,16)13-9-7-12(2)8-10-13/h3-4,7-10,14H,5-6,11H2,1-2H3/b4-3-/i1D2. The Morgan fingerprint density at radius 3 is 2.71 bits per heavy atom. The van der Waals surface area contributed by atoms with Gasteiger partial charge >= 0.3 is 0 Å². The number of allylic oxidation sites excluding steroid dienone is 2. The van der Waals surface area contributed by atoms with E-state index in [1.807, 2.05) is 6.92 Å². The van der Waals surface area contributed by atoms with Crippen LogP contribution in [0.3, 0.4) is 0 Å². The van der Waals surface area contributed by atoms with Crippen LogP contribution in [0.25, 0.3) is 0 Å². The molecule has 1 aromatic carbocycles. The van der Waals surface area contributed by atoms with Crippen LogP contribution >= 0.6 is 0 Å². The third-order valence-electron chi connectivity index (χ3n) is 2.31. The van der Waals surface area contributed by atoms with E-state index < -0.39 is 16.9 Å². The summed E-state index contributed by atoms with van der Waals surface area (Å²) in [6.07, 6.45) is 4.50. The van der Waals surface area contributed by atoms with Crippen LogP contribution in [0, 0.1) is 6.92 Å². The lowest BCUT2D eigenvalue weighted by Crippen LogP contribution is -2.24. The molecule has 0 aliphatic rings. The highest BCUT2D eigenvalue weighted by atomic mass is 32.2. The van der Waals surface area contributed by atoms with E-state index in [2.05, 4.69) is 4.72 Å². The summed E-state index contributed by atoms with van der Waals surface area (Å²) in [4.78, 5) is 0.269. The molecule has 17 heavy (non-hydrogen) atoms. The SMILES string of the molecule is [2H]C([2H])/C=C\CCCNS(=O)(=O)c1ccc(C)cc1. The maximum absolute atomic E-state index is 11.9. The van der Waals surface area contributed by atoms with Crippen LogP contribution < -0.4 is 4.72 Å². The largest absolute Gasteiger partial charge is 0.240 e. The minimum atomic E-state index is -3.43. The quantitative estimate of drug-likeness (QED) is 0.627. The molecule has 0 fully saturated rings. The van der Waals surface area contributed by atoms with Crippen molar-refractivity contribution in [1.82, 2.24) is 4.72 Å². The lowest BCUT2D eigenvalue weighted by atomic mass is 10.2. The van der Waals surface area contributed by atoms with Gasteiger partial charge in [-0.2, -0.15) is 0 Å². The zero-order valence-electron chi connectivity index (χ0n) is 11.9. The molecule has 0 unspecified atom stereocenters. The van der Waals surface area contributed by atoms with Crippen molar-refractivity contribution in [1.29, 1.82) is 0 Å². The average Bonchev–Trinajstić information content (AvgIpc) is 2.34.